The van der Waals surface area contributed by atoms with Crippen molar-refractivity contribution in [3.63, 3.8) is 0 Å². The number of benzene rings is 1. The maximum absolute atomic E-state index is 13.3. The van der Waals surface area contributed by atoms with E-state index in [1.165, 1.54) is 13.8 Å². The Morgan fingerprint density at radius 3 is 2.80 bits per heavy atom. The lowest BCUT2D eigenvalue weighted by molar-refractivity contribution is 0.182. The average Bonchev–Trinajstić information content (AvgIpc) is 3.43. The largest absolute Gasteiger partial charge is 0.393 e. The minimum absolute atomic E-state index is 0.104. The van der Waals surface area contributed by atoms with Crippen LogP contribution in [0.4, 0.5) is 5.95 Å². The van der Waals surface area contributed by atoms with Gasteiger partial charge in [-0.25, -0.2) is 4.79 Å². The molecule has 30 heavy (non-hydrogen) atoms. The van der Waals surface area contributed by atoms with Gasteiger partial charge in [-0.15, -0.1) is 11.3 Å². The van der Waals surface area contributed by atoms with Crippen LogP contribution in [0.25, 0.3) is 21.3 Å². The van der Waals surface area contributed by atoms with E-state index >= 15 is 0 Å². The summed E-state index contributed by atoms with van der Waals surface area (Å²) < 4.78 is 5.57. The predicted octanol–water partition coefficient (Wildman–Crippen LogP) is 2.02. The number of hydrogen-bond acceptors (Lipinski definition) is 6. The summed E-state index contributed by atoms with van der Waals surface area (Å²) >= 11 is 1.66. The highest BCUT2D eigenvalue weighted by Gasteiger charge is 2.25. The molecule has 0 spiro atoms. The van der Waals surface area contributed by atoms with Crippen LogP contribution in [0.5, 0.6) is 0 Å². The van der Waals surface area contributed by atoms with Crippen LogP contribution in [-0.4, -0.2) is 35.9 Å². The smallest absolute Gasteiger partial charge is 0.332 e. The molecule has 0 unspecified atom stereocenters. The zero-order valence-electron chi connectivity index (χ0n) is 16.8. The molecule has 5 rings (SSSR count). The SMILES string of the molecule is Cn1c(N[C@H]2CC[C@H](O)C2)nc2c1c(=O)n(Cc1ccc3sccc3c1)c(=O)n2C. The highest BCUT2D eigenvalue weighted by molar-refractivity contribution is 7.17. The molecular weight excluding hydrogens is 402 g/mol. The van der Waals surface area contributed by atoms with Crippen molar-refractivity contribution in [3.8, 4) is 0 Å². The lowest BCUT2D eigenvalue weighted by Gasteiger charge is -2.12. The fraction of sp³-hybridized carbons (Fsp3) is 0.381. The van der Waals surface area contributed by atoms with E-state index in [4.69, 9.17) is 0 Å². The average molecular weight is 426 g/mol. The molecule has 156 valence electrons. The van der Waals surface area contributed by atoms with E-state index in [2.05, 4.69) is 10.3 Å². The van der Waals surface area contributed by atoms with E-state index in [1.807, 2.05) is 29.6 Å². The topological polar surface area (TPSA) is 94.1 Å². The van der Waals surface area contributed by atoms with Gasteiger partial charge in [-0.05, 0) is 53.8 Å². The summed E-state index contributed by atoms with van der Waals surface area (Å²) in [6, 6.07) is 8.13. The Kier molecular flexibility index (Phi) is 4.52. The van der Waals surface area contributed by atoms with Crippen molar-refractivity contribution in [2.24, 2.45) is 14.1 Å². The van der Waals surface area contributed by atoms with E-state index in [9.17, 15) is 14.7 Å². The summed E-state index contributed by atoms with van der Waals surface area (Å²) in [5.41, 5.74) is 0.902. The zero-order valence-corrected chi connectivity index (χ0v) is 17.6. The van der Waals surface area contributed by atoms with Crippen LogP contribution in [0.3, 0.4) is 0 Å². The first kappa shape index (κ1) is 19.1. The molecule has 1 fully saturated rings. The summed E-state index contributed by atoms with van der Waals surface area (Å²) in [6.07, 6.45) is 1.94. The van der Waals surface area contributed by atoms with Crippen molar-refractivity contribution in [1.82, 2.24) is 18.7 Å². The predicted molar refractivity (Wildman–Crippen MR) is 118 cm³/mol. The third kappa shape index (κ3) is 3.05. The van der Waals surface area contributed by atoms with Crippen LogP contribution in [-0.2, 0) is 20.6 Å². The molecule has 4 aromatic rings. The van der Waals surface area contributed by atoms with Crippen LogP contribution in [0.2, 0.25) is 0 Å². The quantitative estimate of drug-likeness (QED) is 0.522. The number of anilines is 1. The van der Waals surface area contributed by atoms with Gasteiger partial charge >= 0.3 is 5.69 Å². The molecule has 0 amide bonds. The van der Waals surface area contributed by atoms with Gasteiger partial charge < -0.3 is 15.0 Å². The number of aliphatic hydroxyl groups is 1. The molecule has 0 aliphatic heterocycles. The van der Waals surface area contributed by atoms with E-state index in [0.29, 0.717) is 23.5 Å². The van der Waals surface area contributed by atoms with Gasteiger partial charge in [0.1, 0.15) is 0 Å². The minimum atomic E-state index is -0.390. The highest BCUT2D eigenvalue weighted by Crippen LogP contribution is 2.24. The molecule has 0 radical (unpaired) electrons. The lowest BCUT2D eigenvalue weighted by atomic mass is 10.1. The van der Waals surface area contributed by atoms with Crippen molar-refractivity contribution in [2.75, 3.05) is 5.32 Å². The Labute approximate surface area is 176 Å². The molecule has 0 saturated heterocycles. The third-order valence-electron chi connectivity index (χ3n) is 5.96. The zero-order chi connectivity index (χ0) is 21.0. The van der Waals surface area contributed by atoms with Gasteiger partial charge in [-0.3, -0.25) is 13.9 Å². The Morgan fingerprint density at radius 2 is 2.03 bits per heavy atom. The first-order valence-corrected chi connectivity index (χ1v) is 10.9. The number of hydrogen-bond donors (Lipinski definition) is 2. The van der Waals surface area contributed by atoms with Crippen LogP contribution < -0.4 is 16.6 Å². The second kappa shape index (κ2) is 7.10. The Bertz CT molecular complexity index is 1380. The molecule has 1 aliphatic rings. The first-order chi connectivity index (χ1) is 14.4. The second-order valence-corrected chi connectivity index (χ2v) is 8.95. The molecule has 1 aromatic carbocycles. The van der Waals surface area contributed by atoms with Gasteiger partial charge in [0.15, 0.2) is 11.2 Å². The number of rotatable bonds is 4. The number of aromatic nitrogens is 4. The summed E-state index contributed by atoms with van der Waals surface area (Å²) in [4.78, 5) is 30.7. The first-order valence-electron chi connectivity index (χ1n) is 9.99. The summed E-state index contributed by atoms with van der Waals surface area (Å²) in [7, 11) is 3.41. The molecule has 9 heteroatoms. The maximum atomic E-state index is 13.3. The normalized spacial score (nSPS) is 19.2. The van der Waals surface area contributed by atoms with Crippen LogP contribution in [0.15, 0.2) is 39.2 Å². The fourth-order valence-corrected chi connectivity index (χ4v) is 5.05. The van der Waals surface area contributed by atoms with Crippen molar-refractivity contribution >= 4 is 38.5 Å². The van der Waals surface area contributed by atoms with Gasteiger partial charge in [-0.2, -0.15) is 4.98 Å². The maximum Gasteiger partial charge on any atom is 0.332 e. The summed E-state index contributed by atoms with van der Waals surface area (Å²) in [6.45, 7) is 0.204. The highest BCUT2D eigenvalue weighted by atomic mass is 32.1. The molecular formula is C21H23N5O3S. The summed E-state index contributed by atoms with van der Waals surface area (Å²) in [5, 5.41) is 16.2. The number of fused-ring (bicyclic) bond motifs is 2. The molecule has 3 aromatic heterocycles. The van der Waals surface area contributed by atoms with E-state index in [1.54, 1.807) is 30.0 Å². The number of thiophene rings is 1. The van der Waals surface area contributed by atoms with E-state index in [-0.39, 0.29) is 29.9 Å². The van der Waals surface area contributed by atoms with Crippen molar-refractivity contribution in [2.45, 2.75) is 38.0 Å². The van der Waals surface area contributed by atoms with Crippen LogP contribution >= 0.6 is 11.3 Å². The number of nitrogens with zero attached hydrogens (tertiary/aromatic N) is 4. The standard InChI is InChI=1S/C21H23N5O3S/c1-24-17-18(23-20(24)22-14-4-5-15(27)10-14)25(2)21(29)26(19(17)28)11-12-3-6-16-13(9-12)7-8-30-16/h3,6-9,14-15,27H,4-5,10-11H2,1-2H3,(H,22,23)/t14-,15-/m0/s1. The van der Waals surface area contributed by atoms with E-state index in [0.717, 1.165) is 23.8 Å². The fourth-order valence-electron chi connectivity index (χ4n) is 4.28. The van der Waals surface area contributed by atoms with Gasteiger partial charge in [0, 0.05) is 24.8 Å². The van der Waals surface area contributed by atoms with Crippen LogP contribution in [0.1, 0.15) is 24.8 Å². The molecule has 1 saturated carbocycles. The van der Waals surface area contributed by atoms with Crippen molar-refractivity contribution in [1.29, 1.82) is 0 Å². The molecule has 3 heterocycles. The summed E-state index contributed by atoms with van der Waals surface area (Å²) in [5.74, 6) is 0.536. The molecule has 0 bridgehead atoms. The van der Waals surface area contributed by atoms with Crippen molar-refractivity contribution in [3.05, 3.63) is 56.0 Å². The van der Waals surface area contributed by atoms with Crippen molar-refractivity contribution < 1.29 is 5.11 Å². The molecule has 2 atom stereocenters. The monoisotopic (exact) mass is 425 g/mol. The number of imidazole rings is 1. The van der Waals surface area contributed by atoms with Crippen LogP contribution in [0, 0.1) is 0 Å². The molecule has 2 N–H and O–H groups in total. The Morgan fingerprint density at radius 1 is 1.20 bits per heavy atom. The van der Waals surface area contributed by atoms with Gasteiger partial charge in [0.05, 0.1) is 12.6 Å². The van der Waals surface area contributed by atoms with Gasteiger partial charge in [-0.1, -0.05) is 6.07 Å². The number of aliphatic hydroxyl groups excluding tert-OH is 1. The minimum Gasteiger partial charge on any atom is -0.393 e. The van der Waals surface area contributed by atoms with Gasteiger partial charge in [0.25, 0.3) is 5.56 Å². The molecule has 8 nitrogen and oxygen atoms in total. The Balaban J connectivity index is 1.58. The number of nitrogens with one attached hydrogen (secondary N) is 1. The lowest BCUT2D eigenvalue weighted by Crippen LogP contribution is -2.39. The second-order valence-electron chi connectivity index (χ2n) is 8.00. The number of aryl methyl sites for hydroxylation is 2. The third-order valence-corrected chi connectivity index (χ3v) is 6.85. The van der Waals surface area contributed by atoms with Gasteiger partial charge in [0.2, 0.25) is 5.95 Å². The van der Waals surface area contributed by atoms with E-state index < -0.39 is 0 Å². The Hall–Kier alpha value is -2.91. The molecule has 1 aliphatic carbocycles.